The predicted octanol–water partition coefficient (Wildman–Crippen LogP) is 4.57. The number of hydrogen-bond donors (Lipinski definition) is 0. The highest BCUT2D eigenvalue weighted by molar-refractivity contribution is 5.87. The van der Waals surface area contributed by atoms with Crippen molar-refractivity contribution >= 4 is 10.8 Å². The van der Waals surface area contributed by atoms with Gasteiger partial charge in [0.25, 0.3) is 0 Å². The molecule has 0 fully saturated rings. The van der Waals surface area contributed by atoms with Crippen molar-refractivity contribution in [3.05, 3.63) is 66.7 Å². The fourth-order valence-electron chi connectivity index (χ4n) is 2.52. The van der Waals surface area contributed by atoms with E-state index in [-0.39, 0.29) is 0 Å². The third kappa shape index (κ3) is 2.55. The van der Waals surface area contributed by atoms with E-state index in [1.807, 2.05) is 66.7 Å². The summed E-state index contributed by atoms with van der Waals surface area (Å²) in [5.41, 5.74) is 1.81. The van der Waals surface area contributed by atoms with Gasteiger partial charge in [0, 0.05) is 11.1 Å². The highest BCUT2D eigenvalue weighted by atomic mass is 16.5. The molecule has 23 heavy (non-hydrogen) atoms. The third-order valence-electron chi connectivity index (χ3n) is 3.74. The van der Waals surface area contributed by atoms with E-state index in [1.165, 1.54) is 0 Å². The number of methoxy groups -OCH3 is 1. The number of ether oxygens (including phenoxy) is 1. The van der Waals surface area contributed by atoms with Crippen molar-refractivity contribution in [1.82, 2.24) is 10.2 Å². The summed E-state index contributed by atoms with van der Waals surface area (Å²) < 4.78 is 11.1. The van der Waals surface area contributed by atoms with E-state index >= 15 is 0 Å². The van der Waals surface area contributed by atoms with Gasteiger partial charge in [0.1, 0.15) is 5.75 Å². The Hall–Kier alpha value is -3.14. The molecular weight excluding hydrogens is 288 g/mol. The molecule has 1 aromatic heterocycles. The molecule has 0 aliphatic carbocycles. The smallest absolute Gasteiger partial charge is 0.248 e. The van der Waals surface area contributed by atoms with Gasteiger partial charge < -0.3 is 9.15 Å². The summed E-state index contributed by atoms with van der Waals surface area (Å²) in [4.78, 5) is 0. The molecule has 0 amide bonds. The molecule has 0 radical (unpaired) electrons. The van der Waals surface area contributed by atoms with Crippen LogP contribution in [0.4, 0.5) is 0 Å². The van der Waals surface area contributed by atoms with Crippen LogP contribution in [0.3, 0.4) is 0 Å². The van der Waals surface area contributed by atoms with Crippen LogP contribution in [0.25, 0.3) is 33.7 Å². The molecule has 0 unspecified atom stereocenters. The quantitative estimate of drug-likeness (QED) is 0.556. The Morgan fingerprint density at radius 3 is 2.22 bits per heavy atom. The van der Waals surface area contributed by atoms with Crippen LogP contribution in [0.15, 0.2) is 71.1 Å². The first-order valence-electron chi connectivity index (χ1n) is 7.30. The Morgan fingerprint density at radius 1 is 0.739 bits per heavy atom. The summed E-state index contributed by atoms with van der Waals surface area (Å²) in [5, 5.41) is 10.5. The van der Waals surface area contributed by atoms with Crippen molar-refractivity contribution in [3.63, 3.8) is 0 Å². The van der Waals surface area contributed by atoms with Crippen LogP contribution < -0.4 is 4.74 Å². The number of hydrogen-bond acceptors (Lipinski definition) is 4. The van der Waals surface area contributed by atoms with Crippen LogP contribution in [0.1, 0.15) is 0 Å². The molecule has 0 N–H and O–H groups in total. The molecule has 0 saturated heterocycles. The van der Waals surface area contributed by atoms with Crippen molar-refractivity contribution < 1.29 is 9.15 Å². The van der Waals surface area contributed by atoms with E-state index in [9.17, 15) is 0 Å². The molecule has 0 aliphatic rings. The van der Waals surface area contributed by atoms with Crippen LogP contribution in [0.2, 0.25) is 0 Å². The maximum atomic E-state index is 5.80. The van der Waals surface area contributed by atoms with Crippen LogP contribution in [0.5, 0.6) is 5.75 Å². The van der Waals surface area contributed by atoms with Crippen molar-refractivity contribution in [2.24, 2.45) is 0 Å². The van der Waals surface area contributed by atoms with Crippen molar-refractivity contribution in [2.75, 3.05) is 7.11 Å². The maximum Gasteiger partial charge on any atom is 0.248 e. The lowest BCUT2D eigenvalue weighted by Crippen LogP contribution is -1.83. The first-order chi connectivity index (χ1) is 11.3. The van der Waals surface area contributed by atoms with E-state index in [1.54, 1.807) is 7.11 Å². The standard InChI is InChI=1S/C19H14N2O2/c1-22-17-10-9-14-11-16(8-7-15(14)12-17)19-21-20-18(23-19)13-5-3-2-4-6-13/h2-12H,1H3. The summed E-state index contributed by atoms with van der Waals surface area (Å²) >= 11 is 0. The minimum atomic E-state index is 0.515. The highest BCUT2D eigenvalue weighted by Crippen LogP contribution is 2.28. The van der Waals surface area contributed by atoms with Gasteiger partial charge in [-0.25, -0.2) is 0 Å². The zero-order valence-electron chi connectivity index (χ0n) is 12.6. The van der Waals surface area contributed by atoms with Gasteiger partial charge in [-0.3, -0.25) is 0 Å². The Morgan fingerprint density at radius 2 is 1.43 bits per heavy atom. The average molecular weight is 302 g/mol. The van der Waals surface area contributed by atoms with Crippen LogP contribution in [-0.4, -0.2) is 17.3 Å². The largest absolute Gasteiger partial charge is 0.497 e. The molecule has 1 heterocycles. The van der Waals surface area contributed by atoms with Crippen molar-refractivity contribution in [1.29, 1.82) is 0 Å². The summed E-state index contributed by atoms with van der Waals surface area (Å²) in [6.45, 7) is 0. The van der Waals surface area contributed by atoms with Crippen LogP contribution in [0, 0.1) is 0 Å². The second kappa shape index (κ2) is 5.57. The van der Waals surface area contributed by atoms with Crippen LogP contribution >= 0.6 is 0 Å². The van der Waals surface area contributed by atoms with E-state index in [0.29, 0.717) is 11.8 Å². The summed E-state index contributed by atoms with van der Waals surface area (Å²) in [7, 11) is 1.67. The average Bonchev–Trinajstić information content (AvgIpc) is 3.11. The summed E-state index contributed by atoms with van der Waals surface area (Å²) in [6, 6.07) is 21.8. The number of nitrogens with zero attached hydrogens (tertiary/aromatic N) is 2. The molecule has 4 heteroatoms. The van der Waals surface area contributed by atoms with E-state index < -0.39 is 0 Å². The monoisotopic (exact) mass is 302 g/mol. The van der Waals surface area contributed by atoms with Gasteiger partial charge in [-0.05, 0) is 47.2 Å². The summed E-state index contributed by atoms with van der Waals surface area (Å²) in [6.07, 6.45) is 0. The van der Waals surface area contributed by atoms with Crippen molar-refractivity contribution in [2.45, 2.75) is 0 Å². The second-order valence-corrected chi connectivity index (χ2v) is 5.21. The number of benzene rings is 3. The van der Waals surface area contributed by atoms with E-state index in [0.717, 1.165) is 27.6 Å². The summed E-state index contributed by atoms with van der Waals surface area (Å²) in [5.74, 6) is 1.88. The first kappa shape index (κ1) is 13.5. The number of fused-ring (bicyclic) bond motifs is 1. The van der Waals surface area contributed by atoms with Gasteiger partial charge in [-0.2, -0.15) is 0 Å². The zero-order chi connectivity index (χ0) is 15.6. The molecule has 3 aromatic carbocycles. The minimum Gasteiger partial charge on any atom is -0.497 e. The highest BCUT2D eigenvalue weighted by Gasteiger charge is 2.10. The van der Waals surface area contributed by atoms with Crippen molar-refractivity contribution in [3.8, 4) is 28.7 Å². The topological polar surface area (TPSA) is 48.2 Å². The fourth-order valence-corrected chi connectivity index (χ4v) is 2.52. The molecule has 0 spiro atoms. The Balaban J connectivity index is 1.73. The molecule has 4 aromatic rings. The molecule has 0 saturated carbocycles. The second-order valence-electron chi connectivity index (χ2n) is 5.21. The van der Waals surface area contributed by atoms with Gasteiger partial charge in [-0.15, -0.1) is 10.2 Å². The Bertz CT molecular complexity index is 961. The molecule has 0 aliphatic heterocycles. The predicted molar refractivity (Wildman–Crippen MR) is 89.2 cm³/mol. The van der Waals surface area contributed by atoms with Gasteiger partial charge in [0.05, 0.1) is 7.11 Å². The molecule has 112 valence electrons. The molecule has 4 rings (SSSR count). The zero-order valence-corrected chi connectivity index (χ0v) is 12.6. The SMILES string of the molecule is COc1ccc2cc(-c3nnc(-c4ccccc4)o3)ccc2c1. The Kier molecular flexibility index (Phi) is 3.27. The van der Waals surface area contributed by atoms with Gasteiger partial charge in [0.15, 0.2) is 0 Å². The third-order valence-corrected chi connectivity index (χ3v) is 3.74. The van der Waals surface area contributed by atoms with Gasteiger partial charge in [0.2, 0.25) is 11.8 Å². The number of aromatic nitrogens is 2. The van der Waals surface area contributed by atoms with E-state index in [2.05, 4.69) is 10.2 Å². The van der Waals surface area contributed by atoms with Gasteiger partial charge >= 0.3 is 0 Å². The minimum absolute atomic E-state index is 0.515. The van der Waals surface area contributed by atoms with E-state index in [4.69, 9.17) is 9.15 Å². The van der Waals surface area contributed by atoms with Crippen LogP contribution in [-0.2, 0) is 0 Å². The Labute approximate surface area is 133 Å². The maximum absolute atomic E-state index is 5.80. The lowest BCUT2D eigenvalue weighted by molar-refractivity contribution is 0.415. The molecule has 0 bridgehead atoms. The lowest BCUT2D eigenvalue weighted by atomic mass is 10.1. The first-order valence-corrected chi connectivity index (χ1v) is 7.30. The van der Waals surface area contributed by atoms with Gasteiger partial charge in [-0.1, -0.05) is 30.3 Å². The molecule has 0 atom stereocenters. The molecular formula is C19H14N2O2. The molecule has 4 nitrogen and oxygen atoms in total. The lowest BCUT2D eigenvalue weighted by Gasteiger charge is -2.03. The normalized spacial score (nSPS) is 10.8. The fraction of sp³-hybridized carbons (Fsp3) is 0.0526. The number of rotatable bonds is 3.